The molecule has 0 heterocycles. The lowest BCUT2D eigenvalue weighted by molar-refractivity contribution is -0.174. The number of carbonyl (C=O) groups excluding carboxylic acids is 1. The van der Waals surface area contributed by atoms with Crippen LogP contribution in [0.25, 0.3) is 0 Å². The zero-order valence-electron chi connectivity index (χ0n) is 8.13. The van der Waals surface area contributed by atoms with E-state index in [2.05, 4.69) is 0 Å². The van der Waals surface area contributed by atoms with E-state index in [1.54, 1.807) is 7.11 Å². The van der Waals surface area contributed by atoms with Crippen LogP contribution in [0.5, 0.6) is 0 Å². The van der Waals surface area contributed by atoms with Gasteiger partial charge in [0.05, 0.1) is 0 Å². The van der Waals surface area contributed by atoms with Crippen molar-refractivity contribution in [3.05, 3.63) is 0 Å². The molecule has 3 heteroatoms. The van der Waals surface area contributed by atoms with Crippen molar-refractivity contribution in [1.29, 1.82) is 0 Å². The molecular formula is C9H18O3. The smallest absolute Gasteiger partial charge is 0.308 e. The normalized spacial score (nSPS) is 12.6. The first kappa shape index (κ1) is 11.4. The molecule has 0 radical (unpaired) electrons. The largest absolute Gasteiger partial charge is 0.436 e. The zero-order chi connectivity index (χ0) is 9.40. The van der Waals surface area contributed by atoms with E-state index in [9.17, 15) is 4.79 Å². The zero-order valence-corrected chi connectivity index (χ0v) is 8.13. The molecule has 0 saturated carbocycles. The highest BCUT2D eigenvalue weighted by Gasteiger charge is 2.10. The second kappa shape index (κ2) is 7.10. The second-order valence-electron chi connectivity index (χ2n) is 2.69. The highest BCUT2D eigenvalue weighted by Crippen LogP contribution is 2.04. The van der Waals surface area contributed by atoms with E-state index in [0.717, 1.165) is 19.3 Å². The molecule has 0 N–H and O–H groups in total. The number of rotatable bonds is 6. The molecule has 72 valence electrons. The quantitative estimate of drug-likeness (QED) is 0.457. The lowest BCUT2D eigenvalue weighted by Gasteiger charge is -2.14. The topological polar surface area (TPSA) is 35.5 Å². The summed E-state index contributed by atoms with van der Waals surface area (Å²) in [7, 11) is 1.56. The van der Waals surface area contributed by atoms with Gasteiger partial charge in [0.1, 0.15) is 0 Å². The van der Waals surface area contributed by atoms with Crippen LogP contribution in [0.1, 0.15) is 39.5 Å². The number of hydrogen-bond donors (Lipinski definition) is 0. The Morgan fingerprint density at radius 3 is 2.42 bits per heavy atom. The minimum absolute atomic E-state index is 0.169. The molecule has 3 nitrogen and oxygen atoms in total. The van der Waals surface area contributed by atoms with Gasteiger partial charge in [0.2, 0.25) is 6.29 Å². The summed E-state index contributed by atoms with van der Waals surface area (Å²) in [6.45, 7) is 3.97. The molecular weight excluding hydrogens is 156 g/mol. The Morgan fingerprint density at radius 1 is 1.33 bits per heavy atom. The first-order valence-corrected chi connectivity index (χ1v) is 4.46. The van der Waals surface area contributed by atoms with Gasteiger partial charge in [-0.3, -0.25) is 4.79 Å². The van der Waals surface area contributed by atoms with E-state index in [4.69, 9.17) is 9.47 Å². The van der Waals surface area contributed by atoms with Crippen LogP contribution in [-0.2, 0) is 14.3 Å². The van der Waals surface area contributed by atoms with Gasteiger partial charge in [-0.1, -0.05) is 20.3 Å². The molecule has 0 aromatic carbocycles. The van der Waals surface area contributed by atoms with Gasteiger partial charge in [-0.25, -0.2) is 0 Å². The maximum absolute atomic E-state index is 11.0. The maximum atomic E-state index is 11.0. The minimum Gasteiger partial charge on any atom is -0.436 e. The van der Waals surface area contributed by atoms with Crippen molar-refractivity contribution in [2.24, 2.45) is 0 Å². The Hall–Kier alpha value is -0.570. The molecule has 0 bridgehead atoms. The van der Waals surface area contributed by atoms with Crippen molar-refractivity contribution < 1.29 is 14.3 Å². The highest BCUT2D eigenvalue weighted by atomic mass is 16.7. The summed E-state index contributed by atoms with van der Waals surface area (Å²) in [6.07, 6.45) is 2.67. The third-order valence-corrected chi connectivity index (χ3v) is 1.50. The molecule has 0 aromatic heterocycles. The predicted octanol–water partition coefficient (Wildman–Crippen LogP) is 2.10. The Labute approximate surface area is 74.0 Å². The predicted molar refractivity (Wildman–Crippen MR) is 46.7 cm³/mol. The number of hydrogen-bond acceptors (Lipinski definition) is 3. The summed E-state index contributed by atoms with van der Waals surface area (Å²) in [4.78, 5) is 11.0. The summed E-state index contributed by atoms with van der Waals surface area (Å²) in [5.74, 6) is -0.169. The molecule has 12 heavy (non-hydrogen) atoms. The van der Waals surface area contributed by atoms with Crippen LogP contribution in [0.3, 0.4) is 0 Å². The molecule has 0 rings (SSSR count). The Bertz CT molecular complexity index is 123. The molecule has 0 spiro atoms. The number of carbonyl (C=O) groups is 1. The fraction of sp³-hybridized carbons (Fsp3) is 0.889. The lowest BCUT2D eigenvalue weighted by atomic mass is 10.3. The fourth-order valence-electron chi connectivity index (χ4n) is 0.870. The molecule has 0 fully saturated rings. The van der Waals surface area contributed by atoms with Crippen molar-refractivity contribution in [1.82, 2.24) is 0 Å². The number of ether oxygens (including phenoxy) is 2. The molecule has 0 aliphatic rings. The minimum atomic E-state index is -0.353. The van der Waals surface area contributed by atoms with E-state index < -0.39 is 0 Å². The van der Waals surface area contributed by atoms with Gasteiger partial charge in [-0.2, -0.15) is 0 Å². The summed E-state index contributed by atoms with van der Waals surface area (Å²) in [5.41, 5.74) is 0. The van der Waals surface area contributed by atoms with Crippen LogP contribution >= 0.6 is 0 Å². The van der Waals surface area contributed by atoms with Gasteiger partial charge in [0, 0.05) is 20.0 Å². The van der Waals surface area contributed by atoms with E-state index in [0.29, 0.717) is 6.42 Å². The fourth-order valence-corrected chi connectivity index (χ4v) is 0.870. The average molecular weight is 174 g/mol. The summed E-state index contributed by atoms with van der Waals surface area (Å²) in [6, 6.07) is 0. The van der Waals surface area contributed by atoms with Gasteiger partial charge < -0.3 is 9.47 Å². The van der Waals surface area contributed by atoms with E-state index in [1.165, 1.54) is 0 Å². The van der Waals surface area contributed by atoms with Crippen LogP contribution in [-0.4, -0.2) is 19.4 Å². The van der Waals surface area contributed by atoms with Crippen molar-refractivity contribution >= 4 is 5.97 Å². The molecule has 0 aliphatic heterocycles. The van der Waals surface area contributed by atoms with E-state index in [-0.39, 0.29) is 12.3 Å². The van der Waals surface area contributed by atoms with Crippen molar-refractivity contribution in [3.8, 4) is 0 Å². The van der Waals surface area contributed by atoms with Gasteiger partial charge >= 0.3 is 5.97 Å². The second-order valence-corrected chi connectivity index (χ2v) is 2.69. The molecule has 0 saturated heterocycles. The van der Waals surface area contributed by atoms with Gasteiger partial charge in [0.15, 0.2) is 0 Å². The molecule has 0 amide bonds. The summed E-state index contributed by atoms with van der Waals surface area (Å²) >= 11 is 0. The monoisotopic (exact) mass is 174 g/mol. The maximum Gasteiger partial charge on any atom is 0.308 e. The van der Waals surface area contributed by atoms with Crippen LogP contribution in [0.15, 0.2) is 0 Å². The van der Waals surface area contributed by atoms with Gasteiger partial charge in [-0.15, -0.1) is 0 Å². The van der Waals surface area contributed by atoms with E-state index >= 15 is 0 Å². The van der Waals surface area contributed by atoms with E-state index in [1.807, 2.05) is 13.8 Å². The third kappa shape index (κ3) is 5.13. The number of methoxy groups -OCH3 is 1. The number of esters is 1. The lowest BCUT2D eigenvalue weighted by Crippen LogP contribution is -2.19. The van der Waals surface area contributed by atoms with Gasteiger partial charge in [0.25, 0.3) is 0 Å². The highest BCUT2D eigenvalue weighted by molar-refractivity contribution is 5.69. The van der Waals surface area contributed by atoms with Gasteiger partial charge in [-0.05, 0) is 6.42 Å². The van der Waals surface area contributed by atoms with Crippen molar-refractivity contribution in [3.63, 3.8) is 0 Å². The molecule has 1 atom stereocenters. The Balaban J connectivity index is 3.61. The molecule has 1 unspecified atom stereocenters. The Morgan fingerprint density at radius 2 is 2.00 bits per heavy atom. The SMILES string of the molecule is CCCC(=O)OC(CCC)OC. The molecule has 0 aliphatic carbocycles. The first-order chi connectivity index (χ1) is 5.74. The van der Waals surface area contributed by atoms with Crippen LogP contribution in [0, 0.1) is 0 Å². The van der Waals surface area contributed by atoms with Crippen LogP contribution < -0.4 is 0 Å². The van der Waals surface area contributed by atoms with Crippen LogP contribution in [0.4, 0.5) is 0 Å². The summed E-state index contributed by atoms with van der Waals surface area (Å²) < 4.78 is 9.98. The average Bonchev–Trinajstić information content (AvgIpc) is 2.04. The van der Waals surface area contributed by atoms with Crippen LogP contribution in [0.2, 0.25) is 0 Å². The summed E-state index contributed by atoms with van der Waals surface area (Å²) in [5, 5.41) is 0. The Kier molecular flexibility index (Phi) is 6.76. The van der Waals surface area contributed by atoms with Crippen molar-refractivity contribution in [2.45, 2.75) is 45.8 Å². The molecule has 0 aromatic rings. The standard InChI is InChI=1S/C9H18O3/c1-4-6-8(10)12-9(11-3)7-5-2/h9H,4-7H2,1-3H3. The third-order valence-electron chi connectivity index (χ3n) is 1.50. The first-order valence-electron chi connectivity index (χ1n) is 4.46. The van der Waals surface area contributed by atoms with Crippen molar-refractivity contribution in [2.75, 3.05) is 7.11 Å².